The van der Waals surface area contributed by atoms with E-state index in [-0.39, 0.29) is 0 Å². The van der Waals surface area contributed by atoms with Crippen LogP contribution in [0.25, 0.3) is 0 Å². The Kier molecular flexibility index (Phi) is 8.20. The number of hydrogen-bond acceptors (Lipinski definition) is 1. The van der Waals surface area contributed by atoms with E-state index < -0.39 is 0 Å². The third-order valence-electron chi connectivity index (χ3n) is 1.43. The van der Waals surface area contributed by atoms with Gasteiger partial charge in [-0.05, 0) is 17.9 Å². The Morgan fingerprint density at radius 2 is 1.36 bits per heavy atom. The lowest BCUT2D eigenvalue weighted by Gasteiger charge is -2.12. The fraction of sp³-hybridized carbons (Fsp3) is 1.00. The van der Waals surface area contributed by atoms with E-state index in [1.807, 2.05) is 0 Å². The highest BCUT2D eigenvalue weighted by Crippen LogP contribution is 2.07. The maximum absolute atomic E-state index is 5.31. The molecule has 0 aromatic rings. The van der Waals surface area contributed by atoms with Gasteiger partial charge < -0.3 is 5.73 Å². The van der Waals surface area contributed by atoms with E-state index in [0.717, 1.165) is 12.5 Å². The van der Waals surface area contributed by atoms with Gasteiger partial charge in [-0.25, -0.2) is 0 Å². The summed E-state index contributed by atoms with van der Waals surface area (Å²) < 4.78 is 0. The quantitative estimate of drug-likeness (QED) is 0.625. The Morgan fingerprint density at radius 3 is 1.36 bits per heavy atom. The van der Waals surface area contributed by atoms with Gasteiger partial charge in [0.05, 0.1) is 0 Å². The summed E-state index contributed by atoms with van der Waals surface area (Å²) >= 11 is 0. The smallest absolute Gasteiger partial charge is 0.00285 e. The summed E-state index contributed by atoms with van der Waals surface area (Å²) in [6.07, 6.45) is 1.31. The van der Waals surface area contributed by atoms with Gasteiger partial charge in [-0.2, -0.15) is 0 Å². The molecule has 0 aliphatic heterocycles. The molecule has 0 aromatic carbocycles. The molecule has 70 valence electrons. The predicted molar refractivity (Wildman–Crippen MR) is 53.6 cm³/mol. The van der Waals surface area contributed by atoms with Crippen LogP contribution in [-0.4, -0.2) is 6.54 Å². The first-order valence-electron chi connectivity index (χ1n) is 4.53. The molecule has 0 saturated carbocycles. The highest BCUT2D eigenvalue weighted by molar-refractivity contribution is 4.59. The Bertz CT molecular complexity index is 69.4. The Labute approximate surface area is 72.4 Å². The number of nitrogens with two attached hydrogens (primary N) is 1. The van der Waals surface area contributed by atoms with Crippen molar-refractivity contribution in [3.63, 3.8) is 0 Å². The zero-order valence-corrected chi connectivity index (χ0v) is 9.07. The fourth-order valence-electron chi connectivity index (χ4n) is 0. The van der Waals surface area contributed by atoms with Crippen LogP contribution in [-0.2, 0) is 0 Å². The van der Waals surface area contributed by atoms with Gasteiger partial charge in [0.2, 0.25) is 0 Å². The van der Waals surface area contributed by atoms with Crippen molar-refractivity contribution in [3.8, 4) is 0 Å². The molecule has 0 fully saturated rings. The van der Waals surface area contributed by atoms with Crippen LogP contribution in [0, 0.1) is 11.3 Å². The van der Waals surface area contributed by atoms with Gasteiger partial charge in [0.1, 0.15) is 0 Å². The second-order valence-electron chi connectivity index (χ2n) is 4.57. The van der Waals surface area contributed by atoms with Crippen molar-refractivity contribution in [1.29, 1.82) is 0 Å². The molecule has 11 heavy (non-hydrogen) atoms. The minimum atomic E-state index is 0.319. The van der Waals surface area contributed by atoms with E-state index >= 15 is 0 Å². The SMILES string of the molecule is CC(C)(C)CN.CCC(C)C. The first kappa shape index (κ1) is 13.5. The van der Waals surface area contributed by atoms with E-state index in [1.54, 1.807) is 0 Å². The van der Waals surface area contributed by atoms with Gasteiger partial charge >= 0.3 is 0 Å². The average Bonchev–Trinajstić information content (AvgIpc) is 1.88. The molecule has 0 aliphatic rings. The molecule has 2 N–H and O–H groups in total. The molecule has 1 nitrogen and oxygen atoms in total. The zero-order chi connectivity index (χ0) is 9.49. The van der Waals surface area contributed by atoms with Crippen LogP contribution < -0.4 is 5.73 Å². The van der Waals surface area contributed by atoms with Crippen LogP contribution in [0.15, 0.2) is 0 Å². The normalized spacial score (nSPS) is 10.9. The largest absolute Gasteiger partial charge is 0.330 e. The van der Waals surface area contributed by atoms with Gasteiger partial charge in [0.15, 0.2) is 0 Å². The van der Waals surface area contributed by atoms with Crippen molar-refractivity contribution in [3.05, 3.63) is 0 Å². The van der Waals surface area contributed by atoms with Crippen molar-refractivity contribution in [2.24, 2.45) is 17.1 Å². The molecule has 0 rings (SSSR count). The summed E-state index contributed by atoms with van der Waals surface area (Å²) in [5.74, 6) is 0.884. The minimum Gasteiger partial charge on any atom is -0.330 e. The summed E-state index contributed by atoms with van der Waals surface area (Å²) in [7, 11) is 0. The minimum absolute atomic E-state index is 0.319. The van der Waals surface area contributed by atoms with Gasteiger partial charge in [-0.15, -0.1) is 0 Å². The highest BCUT2D eigenvalue weighted by atomic mass is 14.6. The van der Waals surface area contributed by atoms with Crippen molar-refractivity contribution in [2.45, 2.75) is 48.0 Å². The molecule has 0 atom stereocenters. The van der Waals surface area contributed by atoms with Crippen molar-refractivity contribution < 1.29 is 0 Å². The van der Waals surface area contributed by atoms with Crippen LogP contribution in [0.3, 0.4) is 0 Å². The van der Waals surface area contributed by atoms with Crippen LogP contribution in [0.5, 0.6) is 0 Å². The van der Waals surface area contributed by atoms with Crippen molar-refractivity contribution in [2.75, 3.05) is 6.54 Å². The van der Waals surface area contributed by atoms with E-state index in [9.17, 15) is 0 Å². The summed E-state index contributed by atoms with van der Waals surface area (Å²) in [5, 5.41) is 0. The van der Waals surface area contributed by atoms with E-state index in [4.69, 9.17) is 5.73 Å². The van der Waals surface area contributed by atoms with Crippen LogP contribution >= 0.6 is 0 Å². The maximum atomic E-state index is 5.31. The van der Waals surface area contributed by atoms with Gasteiger partial charge in [0.25, 0.3) is 0 Å². The van der Waals surface area contributed by atoms with Crippen LogP contribution in [0.4, 0.5) is 0 Å². The second-order valence-corrected chi connectivity index (χ2v) is 4.57. The summed E-state index contributed by atoms with van der Waals surface area (Å²) in [5.41, 5.74) is 5.62. The van der Waals surface area contributed by atoms with Gasteiger partial charge in [0, 0.05) is 0 Å². The molecule has 0 amide bonds. The number of hydrogen-bond donors (Lipinski definition) is 1. The predicted octanol–water partition coefficient (Wildman–Crippen LogP) is 3.04. The molecule has 0 saturated heterocycles. The second kappa shape index (κ2) is 6.66. The lowest BCUT2D eigenvalue weighted by molar-refractivity contribution is 0.428. The van der Waals surface area contributed by atoms with Crippen molar-refractivity contribution >= 4 is 0 Å². The van der Waals surface area contributed by atoms with Crippen LogP contribution in [0.2, 0.25) is 0 Å². The number of rotatable bonds is 1. The van der Waals surface area contributed by atoms with Crippen LogP contribution in [0.1, 0.15) is 48.0 Å². The van der Waals surface area contributed by atoms with Gasteiger partial charge in [-0.3, -0.25) is 0 Å². The fourth-order valence-corrected chi connectivity index (χ4v) is 0. The lowest BCUT2D eigenvalue weighted by atomic mass is 9.98. The summed E-state index contributed by atoms with van der Waals surface area (Å²) in [4.78, 5) is 0. The Balaban J connectivity index is 0. The third-order valence-corrected chi connectivity index (χ3v) is 1.43. The topological polar surface area (TPSA) is 26.0 Å². The zero-order valence-electron chi connectivity index (χ0n) is 9.07. The monoisotopic (exact) mass is 159 g/mol. The molecular weight excluding hydrogens is 134 g/mol. The standard InChI is InChI=1S/C5H13N.C5H12/c1-5(2,3)4-6;1-4-5(2)3/h4,6H2,1-3H3;5H,4H2,1-3H3. The highest BCUT2D eigenvalue weighted by Gasteiger charge is 2.03. The average molecular weight is 159 g/mol. The molecule has 0 heterocycles. The van der Waals surface area contributed by atoms with Gasteiger partial charge in [-0.1, -0.05) is 48.0 Å². The first-order chi connectivity index (χ1) is 4.83. The molecule has 0 aromatic heterocycles. The Hall–Kier alpha value is -0.0400. The third kappa shape index (κ3) is 25.7. The lowest BCUT2D eigenvalue weighted by Crippen LogP contribution is -2.18. The van der Waals surface area contributed by atoms with E-state index in [0.29, 0.717) is 5.41 Å². The molecule has 0 unspecified atom stereocenters. The maximum Gasteiger partial charge on any atom is -0.00285 e. The molecule has 0 radical (unpaired) electrons. The van der Waals surface area contributed by atoms with Crippen molar-refractivity contribution in [1.82, 2.24) is 0 Å². The first-order valence-corrected chi connectivity index (χ1v) is 4.53. The molecule has 1 heteroatoms. The van der Waals surface area contributed by atoms with E-state index in [2.05, 4.69) is 41.5 Å². The molecule has 0 bridgehead atoms. The molecular formula is C10H25N. The molecule has 0 aliphatic carbocycles. The Morgan fingerprint density at radius 1 is 1.18 bits per heavy atom. The van der Waals surface area contributed by atoms with E-state index in [1.165, 1.54) is 6.42 Å². The summed E-state index contributed by atoms with van der Waals surface area (Å²) in [6, 6.07) is 0. The molecule has 0 spiro atoms. The summed E-state index contributed by atoms with van der Waals surface area (Å²) in [6.45, 7) is 13.8.